The summed E-state index contributed by atoms with van der Waals surface area (Å²) in [5, 5.41) is 10.7. The van der Waals surface area contributed by atoms with Gasteiger partial charge in [0.2, 0.25) is 0 Å². The SMILES string of the molecule is CSC1=NC2=C(C(=O)CCC2)[C@H](c2ccc(OCc3ccccc3)cc2)C1C#N. The Morgan fingerprint density at radius 3 is 2.59 bits per heavy atom. The predicted molar refractivity (Wildman–Crippen MR) is 116 cm³/mol. The highest BCUT2D eigenvalue weighted by Crippen LogP contribution is 2.44. The molecule has 2 atom stereocenters. The van der Waals surface area contributed by atoms with Gasteiger partial charge in [-0.3, -0.25) is 4.79 Å². The van der Waals surface area contributed by atoms with Crippen LogP contribution < -0.4 is 4.74 Å². The van der Waals surface area contributed by atoms with E-state index in [0.29, 0.717) is 13.0 Å². The van der Waals surface area contributed by atoms with E-state index in [1.807, 2.05) is 60.9 Å². The Morgan fingerprint density at radius 2 is 1.90 bits per heavy atom. The Balaban J connectivity index is 1.61. The third-order valence-corrected chi connectivity index (χ3v) is 6.18. The monoisotopic (exact) mass is 402 g/mol. The molecule has 2 aliphatic rings. The minimum atomic E-state index is -0.429. The van der Waals surface area contributed by atoms with Crippen molar-refractivity contribution < 1.29 is 9.53 Å². The number of ketones is 1. The van der Waals surface area contributed by atoms with Gasteiger partial charge in [0.05, 0.1) is 11.1 Å². The van der Waals surface area contributed by atoms with Crippen LogP contribution in [0.5, 0.6) is 5.75 Å². The van der Waals surface area contributed by atoms with Gasteiger partial charge in [-0.15, -0.1) is 11.8 Å². The van der Waals surface area contributed by atoms with Gasteiger partial charge in [0.15, 0.2) is 5.78 Å². The van der Waals surface area contributed by atoms with Crippen molar-refractivity contribution in [2.75, 3.05) is 6.26 Å². The third kappa shape index (κ3) is 3.99. The van der Waals surface area contributed by atoms with Crippen molar-refractivity contribution >= 4 is 22.6 Å². The van der Waals surface area contributed by atoms with Gasteiger partial charge in [0.1, 0.15) is 18.3 Å². The highest BCUT2D eigenvalue weighted by Gasteiger charge is 2.40. The topological polar surface area (TPSA) is 62.4 Å². The molecule has 0 spiro atoms. The van der Waals surface area contributed by atoms with Gasteiger partial charge in [-0.25, -0.2) is 4.99 Å². The number of carbonyl (C=O) groups excluding carboxylic acids is 1. The predicted octanol–water partition coefficient (Wildman–Crippen LogP) is 5.27. The highest BCUT2D eigenvalue weighted by atomic mass is 32.2. The van der Waals surface area contributed by atoms with Gasteiger partial charge in [0, 0.05) is 23.6 Å². The van der Waals surface area contributed by atoms with E-state index < -0.39 is 5.92 Å². The molecule has 0 bridgehead atoms. The quantitative estimate of drug-likeness (QED) is 0.699. The number of hydrogen-bond donors (Lipinski definition) is 0. The van der Waals surface area contributed by atoms with Crippen molar-refractivity contribution in [3.63, 3.8) is 0 Å². The van der Waals surface area contributed by atoms with E-state index in [0.717, 1.165) is 46.0 Å². The van der Waals surface area contributed by atoms with Crippen LogP contribution in [-0.4, -0.2) is 17.1 Å². The Morgan fingerprint density at radius 1 is 1.14 bits per heavy atom. The summed E-state index contributed by atoms with van der Waals surface area (Å²) in [4.78, 5) is 17.4. The number of thioether (sulfide) groups is 1. The fraction of sp³-hybridized carbons (Fsp3) is 0.292. The molecule has 1 unspecified atom stereocenters. The summed E-state index contributed by atoms with van der Waals surface area (Å²) in [6, 6.07) is 20.2. The average Bonchev–Trinajstić information content (AvgIpc) is 2.77. The molecule has 146 valence electrons. The summed E-state index contributed by atoms with van der Waals surface area (Å²) in [6.07, 6.45) is 4.11. The minimum absolute atomic E-state index is 0.129. The molecule has 1 aliphatic carbocycles. The van der Waals surface area contributed by atoms with Crippen LogP contribution in [0.25, 0.3) is 0 Å². The zero-order chi connectivity index (χ0) is 20.2. The van der Waals surface area contributed by atoms with Crippen molar-refractivity contribution in [1.29, 1.82) is 5.26 Å². The molecule has 0 aromatic heterocycles. The van der Waals surface area contributed by atoms with Crippen LogP contribution in [-0.2, 0) is 11.4 Å². The molecular weight excluding hydrogens is 380 g/mol. The molecule has 0 saturated carbocycles. The Hall–Kier alpha value is -2.84. The number of carbonyl (C=O) groups is 1. The lowest BCUT2D eigenvalue weighted by Gasteiger charge is -2.32. The summed E-state index contributed by atoms with van der Waals surface area (Å²) in [6.45, 7) is 0.501. The van der Waals surface area contributed by atoms with Crippen LogP contribution in [0, 0.1) is 17.2 Å². The van der Waals surface area contributed by atoms with E-state index in [-0.39, 0.29) is 11.7 Å². The molecule has 1 aliphatic heterocycles. The van der Waals surface area contributed by atoms with E-state index in [1.54, 1.807) is 0 Å². The molecule has 0 saturated heterocycles. The smallest absolute Gasteiger partial charge is 0.161 e. The van der Waals surface area contributed by atoms with E-state index in [1.165, 1.54) is 11.8 Å². The average molecular weight is 403 g/mol. The largest absolute Gasteiger partial charge is 0.489 e. The lowest BCUT2D eigenvalue weighted by atomic mass is 9.74. The van der Waals surface area contributed by atoms with E-state index in [9.17, 15) is 10.1 Å². The van der Waals surface area contributed by atoms with E-state index in [4.69, 9.17) is 4.74 Å². The van der Waals surface area contributed by atoms with Crippen molar-refractivity contribution in [2.24, 2.45) is 10.9 Å². The van der Waals surface area contributed by atoms with Crippen LogP contribution >= 0.6 is 11.8 Å². The van der Waals surface area contributed by atoms with Crippen LogP contribution in [0.2, 0.25) is 0 Å². The fourth-order valence-electron chi connectivity index (χ4n) is 4.00. The number of rotatable bonds is 4. The Kier molecular flexibility index (Phi) is 5.82. The Labute approximate surface area is 175 Å². The molecule has 1 heterocycles. The van der Waals surface area contributed by atoms with Gasteiger partial charge in [0.25, 0.3) is 0 Å². The van der Waals surface area contributed by atoms with Gasteiger partial charge in [-0.05, 0) is 42.4 Å². The maximum atomic E-state index is 12.7. The maximum absolute atomic E-state index is 12.7. The first kappa shape index (κ1) is 19.5. The number of ether oxygens (including phenoxy) is 1. The molecule has 0 N–H and O–H groups in total. The standard InChI is InChI=1S/C24H22N2O2S/c1-29-24-19(14-25)22(23-20(26-24)8-5-9-21(23)27)17-10-12-18(13-11-17)28-15-16-6-3-2-4-7-16/h2-4,6-7,10-13,19,22H,5,8-9,15H2,1H3/t19?,22-/m1/s1. The van der Waals surface area contributed by atoms with Crippen molar-refractivity contribution in [2.45, 2.75) is 31.8 Å². The highest BCUT2D eigenvalue weighted by molar-refractivity contribution is 8.13. The number of Topliss-reactive ketones (excluding diaryl/α,β-unsaturated/α-hetero) is 1. The number of benzene rings is 2. The second-order valence-corrected chi connectivity index (χ2v) is 8.05. The van der Waals surface area contributed by atoms with Gasteiger partial charge < -0.3 is 4.74 Å². The second kappa shape index (κ2) is 8.67. The van der Waals surface area contributed by atoms with Crippen LogP contribution in [0.15, 0.2) is 70.9 Å². The van der Waals surface area contributed by atoms with Gasteiger partial charge in [-0.1, -0.05) is 42.5 Å². The summed E-state index contributed by atoms with van der Waals surface area (Å²) in [5.74, 6) is 0.211. The van der Waals surface area contributed by atoms with Crippen LogP contribution in [0.4, 0.5) is 0 Å². The summed E-state index contributed by atoms with van der Waals surface area (Å²) >= 11 is 1.50. The Bertz CT molecular complexity index is 1000. The lowest BCUT2D eigenvalue weighted by molar-refractivity contribution is -0.116. The molecular formula is C24H22N2O2S. The minimum Gasteiger partial charge on any atom is -0.489 e. The molecule has 29 heavy (non-hydrogen) atoms. The first-order valence-corrected chi connectivity index (χ1v) is 11.0. The molecule has 4 nitrogen and oxygen atoms in total. The van der Waals surface area contributed by atoms with Crippen molar-refractivity contribution in [3.8, 4) is 11.8 Å². The molecule has 0 radical (unpaired) electrons. The maximum Gasteiger partial charge on any atom is 0.161 e. The molecule has 4 rings (SSSR count). The number of hydrogen-bond acceptors (Lipinski definition) is 5. The van der Waals surface area contributed by atoms with Crippen molar-refractivity contribution in [3.05, 3.63) is 77.0 Å². The van der Waals surface area contributed by atoms with Crippen LogP contribution in [0.1, 0.15) is 36.3 Å². The first-order chi connectivity index (χ1) is 14.2. The zero-order valence-electron chi connectivity index (χ0n) is 16.3. The molecule has 0 fully saturated rings. The summed E-state index contributed by atoms with van der Waals surface area (Å²) in [5.41, 5.74) is 3.68. The number of allylic oxidation sites excluding steroid dienone is 2. The number of nitriles is 1. The van der Waals surface area contributed by atoms with E-state index in [2.05, 4.69) is 11.1 Å². The number of aliphatic imine (C=N–C) groups is 1. The zero-order valence-corrected chi connectivity index (χ0v) is 17.1. The molecule has 2 aromatic rings. The van der Waals surface area contributed by atoms with Crippen molar-refractivity contribution in [1.82, 2.24) is 0 Å². The van der Waals surface area contributed by atoms with Gasteiger partial charge >= 0.3 is 0 Å². The summed E-state index contributed by atoms with van der Waals surface area (Å²) < 4.78 is 5.89. The normalized spacial score (nSPS) is 21.2. The number of nitrogens with zero attached hydrogens (tertiary/aromatic N) is 2. The molecule has 5 heteroatoms. The fourth-order valence-corrected chi connectivity index (χ4v) is 4.65. The lowest BCUT2D eigenvalue weighted by Crippen LogP contribution is -2.30. The van der Waals surface area contributed by atoms with Gasteiger partial charge in [-0.2, -0.15) is 5.26 Å². The third-order valence-electron chi connectivity index (χ3n) is 5.42. The summed E-state index contributed by atoms with van der Waals surface area (Å²) in [7, 11) is 0. The second-order valence-electron chi connectivity index (χ2n) is 7.22. The molecule has 2 aromatic carbocycles. The van der Waals surface area contributed by atoms with E-state index >= 15 is 0 Å². The molecule has 0 amide bonds. The van der Waals surface area contributed by atoms with Crippen LogP contribution in [0.3, 0.4) is 0 Å². The first-order valence-electron chi connectivity index (χ1n) is 9.76.